The van der Waals surface area contributed by atoms with Crippen molar-refractivity contribution in [3.8, 4) is 5.75 Å². The summed E-state index contributed by atoms with van der Waals surface area (Å²) in [5, 5.41) is 60.6. The van der Waals surface area contributed by atoms with Crippen LogP contribution in [0.4, 0.5) is 0 Å². The number of carbonyl (C=O) groups is 9. The predicted molar refractivity (Wildman–Crippen MR) is 210 cm³/mol. The molecule has 60 heavy (non-hydrogen) atoms. The molecule has 8 atom stereocenters. The van der Waals surface area contributed by atoms with Crippen molar-refractivity contribution >= 4 is 53.4 Å². The first-order valence-corrected chi connectivity index (χ1v) is 19.6. The number of carbonyl (C=O) groups excluding carboxylic acids is 6. The Hall–Kier alpha value is -5.87. The van der Waals surface area contributed by atoms with Gasteiger partial charge >= 0.3 is 17.9 Å². The van der Waals surface area contributed by atoms with Crippen LogP contribution in [0.5, 0.6) is 5.75 Å². The van der Waals surface area contributed by atoms with Crippen molar-refractivity contribution in [2.45, 2.75) is 127 Å². The van der Waals surface area contributed by atoms with Crippen molar-refractivity contribution in [1.29, 1.82) is 0 Å². The van der Waals surface area contributed by atoms with Crippen molar-refractivity contribution < 1.29 is 68.7 Å². The van der Waals surface area contributed by atoms with E-state index in [-0.39, 0.29) is 50.9 Å². The Kier molecular flexibility index (Phi) is 20.3. The lowest BCUT2D eigenvalue weighted by Gasteiger charge is -2.31. The molecule has 0 bridgehead atoms. The van der Waals surface area contributed by atoms with Gasteiger partial charge in [-0.05, 0) is 75.6 Å². The summed E-state index contributed by atoms with van der Waals surface area (Å²) in [6.45, 7) is 4.56. The summed E-state index contributed by atoms with van der Waals surface area (Å²) in [5.74, 6) is -10.0. The molecule has 334 valence electrons. The standard InChI is InChI=1S/C38H58N8O14/c1-19(2)30(37(58)46-17-5-7-27(46)38(59)60)44-34(55)25(13-15-29(51)52)42-36(57)31(20(3)47)45-35(56)26(18-21-8-10-22(48)11-9-21)43-33(54)24(6-4-16-39)41-32(53)23(40)12-14-28(49)50/h8-11,19-20,23-27,30-31,47-48H,4-7,12-18,39-40H2,1-3H3,(H,41,53)(H,42,57)(H,43,54)(H,44,55)(H,45,56)(H,49,50)(H,51,52)(H,59,60)/t20-,23+,24-,25+,26-,27+,30-,31-/m1/s1. The number of nitrogens with two attached hydrogens (primary N) is 2. The molecule has 2 rings (SSSR count). The van der Waals surface area contributed by atoms with Crippen LogP contribution in [0, 0.1) is 5.92 Å². The maximum Gasteiger partial charge on any atom is 0.326 e. The normalized spacial score (nSPS) is 17.2. The number of carboxylic acids is 3. The second-order valence-corrected chi connectivity index (χ2v) is 14.9. The van der Waals surface area contributed by atoms with Crippen LogP contribution in [0.25, 0.3) is 0 Å². The van der Waals surface area contributed by atoms with Crippen molar-refractivity contribution in [3.05, 3.63) is 29.8 Å². The predicted octanol–water partition coefficient (Wildman–Crippen LogP) is -2.73. The van der Waals surface area contributed by atoms with Crippen LogP contribution >= 0.6 is 0 Å². The van der Waals surface area contributed by atoms with Crippen LogP contribution < -0.4 is 38.1 Å². The maximum atomic E-state index is 13.9. The number of hydrogen-bond acceptors (Lipinski definition) is 13. The van der Waals surface area contributed by atoms with E-state index in [4.69, 9.17) is 16.6 Å². The summed E-state index contributed by atoms with van der Waals surface area (Å²) >= 11 is 0. The molecule has 0 unspecified atom stereocenters. The van der Waals surface area contributed by atoms with Crippen molar-refractivity contribution in [1.82, 2.24) is 31.5 Å². The van der Waals surface area contributed by atoms with E-state index in [0.717, 1.165) is 11.8 Å². The molecule has 0 aliphatic carbocycles. The Labute approximate surface area is 346 Å². The Balaban J connectivity index is 2.37. The molecule has 1 aliphatic heterocycles. The molecule has 1 fully saturated rings. The minimum absolute atomic E-state index is 0.0206. The summed E-state index contributed by atoms with van der Waals surface area (Å²) in [6.07, 6.45) is -2.86. The third-order valence-corrected chi connectivity index (χ3v) is 9.74. The number of likely N-dealkylation sites (tertiary alicyclic amines) is 1. The lowest BCUT2D eigenvalue weighted by atomic mass is 10.0. The van der Waals surface area contributed by atoms with Gasteiger partial charge in [0.15, 0.2) is 0 Å². The Bertz CT molecular complexity index is 1690. The summed E-state index contributed by atoms with van der Waals surface area (Å²) in [5.41, 5.74) is 11.9. The number of benzene rings is 1. The van der Waals surface area contributed by atoms with Crippen LogP contribution in [-0.2, 0) is 49.6 Å². The van der Waals surface area contributed by atoms with E-state index in [9.17, 15) is 63.6 Å². The van der Waals surface area contributed by atoms with Gasteiger partial charge in [-0.15, -0.1) is 0 Å². The molecule has 1 aliphatic rings. The second kappa shape index (κ2) is 24.3. The maximum absolute atomic E-state index is 13.9. The van der Waals surface area contributed by atoms with Crippen molar-refractivity contribution in [2.75, 3.05) is 13.1 Å². The van der Waals surface area contributed by atoms with Gasteiger partial charge in [0, 0.05) is 25.8 Å². The summed E-state index contributed by atoms with van der Waals surface area (Å²) < 4.78 is 0. The number of hydrogen-bond donors (Lipinski definition) is 12. The van der Waals surface area contributed by atoms with E-state index in [2.05, 4.69) is 26.6 Å². The minimum Gasteiger partial charge on any atom is -0.508 e. The van der Waals surface area contributed by atoms with E-state index in [0.29, 0.717) is 12.0 Å². The van der Waals surface area contributed by atoms with Gasteiger partial charge in [-0.3, -0.25) is 38.4 Å². The first kappa shape index (κ1) is 50.3. The minimum atomic E-state index is -1.82. The summed E-state index contributed by atoms with van der Waals surface area (Å²) in [7, 11) is 0. The topological polar surface area (TPSA) is 370 Å². The van der Waals surface area contributed by atoms with Crippen LogP contribution in [0.15, 0.2) is 24.3 Å². The molecule has 1 saturated heterocycles. The molecule has 6 amide bonds. The average Bonchev–Trinajstić information content (AvgIpc) is 3.68. The monoisotopic (exact) mass is 850 g/mol. The Morgan fingerprint density at radius 1 is 0.717 bits per heavy atom. The fourth-order valence-electron chi connectivity index (χ4n) is 6.32. The number of nitrogens with one attached hydrogen (secondary N) is 5. The molecular formula is C38H58N8O14. The number of nitrogens with zero attached hydrogens (tertiary/aromatic N) is 1. The van der Waals surface area contributed by atoms with E-state index >= 15 is 0 Å². The molecule has 0 saturated carbocycles. The van der Waals surface area contributed by atoms with Gasteiger partial charge in [0.2, 0.25) is 35.4 Å². The molecule has 0 spiro atoms. The third kappa shape index (κ3) is 16.1. The Morgan fingerprint density at radius 3 is 1.78 bits per heavy atom. The van der Waals surface area contributed by atoms with Crippen LogP contribution in [0.3, 0.4) is 0 Å². The lowest BCUT2D eigenvalue weighted by Crippen LogP contribution is -2.62. The number of aromatic hydroxyl groups is 1. The molecule has 14 N–H and O–H groups in total. The SMILES string of the molecule is CC(C)[C@@H](NC(=O)[C@H](CCC(=O)O)NC(=O)[C@H](NC(=O)[C@@H](Cc1ccc(O)cc1)NC(=O)[C@@H](CCCN)NC(=O)[C@@H](N)CCC(=O)O)[C@@H](C)O)C(=O)N1CCC[C@H]1C(=O)O. The first-order chi connectivity index (χ1) is 28.2. The van der Waals surface area contributed by atoms with Crippen LogP contribution in [0.1, 0.15) is 77.7 Å². The van der Waals surface area contributed by atoms with Crippen molar-refractivity contribution in [3.63, 3.8) is 0 Å². The summed E-state index contributed by atoms with van der Waals surface area (Å²) in [4.78, 5) is 117. The highest BCUT2D eigenvalue weighted by atomic mass is 16.4. The number of aliphatic hydroxyl groups excluding tert-OH is 1. The molecular weight excluding hydrogens is 792 g/mol. The quantitative estimate of drug-likeness (QED) is 0.0475. The van der Waals surface area contributed by atoms with Gasteiger partial charge in [-0.25, -0.2) is 4.79 Å². The molecule has 1 aromatic rings. The highest BCUT2D eigenvalue weighted by Gasteiger charge is 2.40. The number of aliphatic carboxylic acids is 3. The first-order valence-electron chi connectivity index (χ1n) is 19.6. The number of carboxylic acid groups (broad SMARTS) is 3. The smallest absolute Gasteiger partial charge is 0.326 e. The molecule has 22 nitrogen and oxygen atoms in total. The van der Waals surface area contributed by atoms with E-state index < -0.39 is 127 Å². The molecule has 22 heteroatoms. The number of phenols is 1. The molecule has 0 aromatic heterocycles. The largest absolute Gasteiger partial charge is 0.508 e. The number of phenolic OH excluding ortho intramolecular Hbond substituents is 1. The van der Waals surface area contributed by atoms with Gasteiger partial charge < -0.3 is 68.5 Å². The fourth-order valence-corrected chi connectivity index (χ4v) is 6.32. The Morgan fingerprint density at radius 2 is 1.23 bits per heavy atom. The highest BCUT2D eigenvalue weighted by Crippen LogP contribution is 2.21. The van der Waals surface area contributed by atoms with Gasteiger partial charge in [-0.1, -0.05) is 26.0 Å². The third-order valence-electron chi connectivity index (χ3n) is 9.74. The molecule has 1 aromatic carbocycles. The van der Waals surface area contributed by atoms with Crippen LogP contribution in [0.2, 0.25) is 0 Å². The zero-order chi connectivity index (χ0) is 45.3. The van der Waals surface area contributed by atoms with Gasteiger partial charge in [0.1, 0.15) is 42.0 Å². The zero-order valence-corrected chi connectivity index (χ0v) is 33.8. The highest BCUT2D eigenvalue weighted by molar-refractivity contribution is 5.97. The number of rotatable bonds is 25. The lowest BCUT2D eigenvalue weighted by molar-refractivity contribution is -0.150. The van der Waals surface area contributed by atoms with Gasteiger partial charge in [0.25, 0.3) is 0 Å². The van der Waals surface area contributed by atoms with E-state index in [1.807, 2.05) is 0 Å². The second-order valence-electron chi connectivity index (χ2n) is 14.9. The van der Waals surface area contributed by atoms with Gasteiger partial charge in [-0.2, -0.15) is 0 Å². The summed E-state index contributed by atoms with van der Waals surface area (Å²) in [6, 6.07) is -4.41. The van der Waals surface area contributed by atoms with Gasteiger partial charge in [0.05, 0.1) is 12.1 Å². The fraction of sp³-hybridized carbons (Fsp3) is 0.605. The number of amides is 6. The van der Waals surface area contributed by atoms with Crippen molar-refractivity contribution in [2.24, 2.45) is 17.4 Å². The molecule has 1 heterocycles. The van der Waals surface area contributed by atoms with E-state index in [1.165, 1.54) is 24.3 Å². The zero-order valence-electron chi connectivity index (χ0n) is 33.8. The average molecular weight is 851 g/mol. The molecule has 0 radical (unpaired) electrons. The van der Waals surface area contributed by atoms with E-state index in [1.54, 1.807) is 13.8 Å². The van der Waals surface area contributed by atoms with Crippen LogP contribution in [-0.4, -0.2) is 145 Å². The number of aliphatic hydroxyl groups is 1.